The van der Waals surface area contributed by atoms with Crippen LogP contribution in [0.3, 0.4) is 0 Å². The Bertz CT molecular complexity index is 1150. The summed E-state index contributed by atoms with van der Waals surface area (Å²) in [4.78, 5) is 30.7. The van der Waals surface area contributed by atoms with Gasteiger partial charge < -0.3 is 10.1 Å². The zero-order chi connectivity index (χ0) is 22.1. The third-order valence-electron chi connectivity index (χ3n) is 4.28. The van der Waals surface area contributed by atoms with Gasteiger partial charge in [0.05, 0.1) is 29.0 Å². The number of hydrogen-bond acceptors (Lipinski definition) is 5. The molecule has 1 amide bonds. The molecule has 2 aromatic carbocycles. The van der Waals surface area contributed by atoms with Crippen molar-refractivity contribution in [3.8, 4) is 11.4 Å². The molecule has 1 unspecified atom stereocenters. The average Bonchev–Trinajstić information content (AvgIpc) is 2.66. The van der Waals surface area contributed by atoms with Crippen molar-refractivity contribution < 1.29 is 9.53 Å². The Kier molecular flexibility index (Phi) is 6.43. The minimum absolute atomic E-state index is 0.139. The molecule has 0 aliphatic heterocycles. The number of para-hydroxylation sites is 2. The number of amides is 1. The van der Waals surface area contributed by atoms with Crippen LogP contribution in [0.4, 0.5) is 0 Å². The second-order valence-electron chi connectivity index (χ2n) is 7.87. The van der Waals surface area contributed by atoms with Crippen LogP contribution >= 0.6 is 23.4 Å². The summed E-state index contributed by atoms with van der Waals surface area (Å²) in [6.07, 6.45) is 0. The Morgan fingerprint density at radius 1 is 1.23 bits per heavy atom. The standard InChI is InChI=1S/C22H24ClN3O3S/c1-13(19(27)25-22(2,3)4)30-21-24-16-12-14(23)10-11-15(16)20(28)26(21)17-8-6-7-9-18(17)29-5/h6-13H,1-5H3,(H,25,27). The number of nitrogens with one attached hydrogen (secondary N) is 1. The molecule has 158 valence electrons. The van der Waals surface area contributed by atoms with Crippen molar-refractivity contribution in [3.05, 3.63) is 57.8 Å². The predicted octanol–water partition coefficient (Wildman–Crippen LogP) is 4.44. The van der Waals surface area contributed by atoms with E-state index in [0.29, 0.717) is 32.5 Å². The lowest BCUT2D eigenvalue weighted by Crippen LogP contribution is -2.44. The lowest BCUT2D eigenvalue weighted by Gasteiger charge is -2.23. The Morgan fingerprint density at radius 3 is 2.60 bits per heavy atom. The normalized spacial score (nSPS) is 12.6. The monoisotopic (exact) mass is 445 g/mol. The number of carbonyl (C=O) groups is 1. The number of hydrogen-bond donors (Lipinski definition) is 1. The summed E-state index contributed by atoms with van der Waals surface area (Å²) in [5.41, 5.74) is 0.412. The van der Waals surface area contributed by atoms with Gasteiger partial charge in [-0.2, -0.15) is 0 Å². The van der Waals surface area contributed by atoms with Crippen LogP contribution < -0.4 is 15.6 Å². The first-order valence-electron chi connectivity index (χ1n) is 9.45. The number of rotatable bonds is 5. The van der Waals surface area contributed by atoms with Crippen LogP contribution in [-0.4, -0.2) is 33.4 Å². The first kappa shape index (κ1) is 22.2. The van der Waals surface area contributed by atoms with E-state index in [1.165, 1.54) is 16.3 Å². The maximum absolute atomic E-state index is 13.4. The summed E-state index contributed by atoms with van der Waals surface area (Å²) in [5.74, 6) is 0.392. The quantitative estimate of drug-likeness (QED) is 0.464. The summed E-state index contributed by atoms with van der Waals surface area (Å²) in [7, 11) is 1.55. The van der Waals surface area contributed by atoms with Crippen LogP contribution in [0.1, 0.15) is 27.7 Å². The van der Waals surface area contributed by atoms with Gasteiger partial charge in [-0.3, -0.25) is 14.2 Å². The third-order valence-corrected chi connectivity index (χ3v) is 5.56. The molecule has 1 atom stereocenters. The van der Waals surface area contributed by atoms with Crippen molar-refractivity contribution in [2.24, 2.45) is 0 Å². The summed E-state index contributed by atoms with van der Waals surface area (Å²) in [6, 6.07) is 12.2. The topological polar surface area (TPSA) is 73.2 Å². The van der Waals surface area contributed by atoms with E-state index in [1.54, 1.807) is 44.4 Å². The fraction of sp³-hybridized carbons (Fsp3) is 0.318. The molecule has 0 saturated heterocycles. The fourth-order valence-corrected chi connectivity index (χ4v) is 4.01. The van der Waals surface area contributed by atoms with Crippen LogP contribution in [0.15, 0.2) is 52.4 Å². The van der Waals surface area contributed by atoms with Gasteiger partial charge in [-0.1, -0.05) is 35.5 Å². The molecule has 1 heterocycles. The fourth-order valence-electron chi connectivity index (χ4n) is 2.93. The Balaban J connectivity index is 2.18. The van der Waals surface area contributed by atoms with Crippen LogP contribution in [0.2, 0.25) is 5.02 Å². The zero-order valence-electron chi connectivity index (χ0n) is 17.5. The van der Waals surface area contributed by atoms with Gasteiger partial charge in [-0.05, 0) is 58.0 Å². The number of fused-ring (bicyclic) bond motifs is 1. The number of thioether (sulfide) groups is 1. The molecule has 3 aromatic rings. The largest absolute Gasteiger partial charge is 0.495 e. The van der Waals surface area contributed by atoms with Gasteiger partial charge in [0, 0.05) is 10.6 Å². The predicted molar refractivity (Wildman–Crippen MR) is 122 cm³/mol. The molecule has 1 N–H and O–H groups in total. The first-order valence-corrected chi connectivity index (χ1v) is 10.7. The van der Waals surface area contributed by atoms with E-state index >= 15 is 0 Å². The minimum atomic E-state index is -0.478. The van der Waals surface area contributed by atoms with Gasteiger partial charge in [0.1, 0.15) is 5.75 Å². The molecular weight excluding hydrogens is 422 g/mol. The van der Waals surface area contributed by atoms with Crippen molar-refractivity contribution in [2.75, 3.05) is 7.11 Å². The zero-order valence-corrected chi connectivity index (χ0v) is 19.1. The molecule has 0 bridgehead atoms. The van der Waals surface area contributed by atoms with Crippen LogP contribution in [0, 0.1) is 0 Å². The Labute approximate surface area is 184 Å². The highest BCUT2D eigenvalue weighted by molar-refractivity contribution is 8.00. The number of halogens is 1. The number of methoxy groups -OCH3 is 1. The van der Waals surface area contributed by atoms with Crippen molar-refractivity contribution in [2.45, 2.75) is 43.6 Å². The summed E-state index contributed by atoms with van der Waals surface area (Å²) >= 11 is 7.33. The molecule has 0 fully saturated rings. The maximum Gasteiger partial charge on any atom is 0.266 e. The molecule has 0 aliphatic rings. The second-order valence-corrected chi connectivity index (χ2v) is 9.61. The first-order chi connectivity index (χ1) is 14.1. The number of ether oxygens (including phenoxy) is 1. The van der Waals surface area contributed by atoms with Crippen LogP contribution in [0.25, 0.3) is 16.6 Å². The molecule has 6 nitrogen and oxygen atoms in total. The highest BCUT2D eigenvalue weighted by Gasteiger charge is 2.24. The third kappa shape index (κ3) is 4.79. The Hall–Kier alpha value is -2.51. The van der Waals surface area contributed by atoms with E-state index in [4.69, 9.17) is 16.3 Å². The SMILES string of the molecule is COc1ccccc1-n1c(SC(C)C(=O)NC(C)(C)C)nc2cc(Cl)ccc2c1=O. The van der Waals surface area contributed by atoms with E-state index in [-0.39, 0.29) is 17.0 Å². The summed E-state index contributed by atoms with van der Waals surface area (Å²) < 4.78 is 6.95. The Morgan fingerprint density at radius 2 is 1.93 bits per heavy atom. The molecule has 0 saturated carbocycles. The molecule has 3 rings (SSSR count). The highest BCUT2D eigenvalue weighted by atomic mass is 35.5. The average molecular weight is 446 g/mol. The smallest absolute Gasteiger partial charge is 0.266 e. The van der Waals surface area contributed by atoms with Crippen molar-refractivity contribution in [1.82, 2.24) is 14.9 Å². The van der Waals surface area contributed by atoms with Gasteiger partial charge in [0.25, 0.3) is 5.56 Å². The number of carbonyl (C=O) groups excluding carboxylic acids is 1. The van der Waals surface area contributed by atoms with Crippen molar-refractivity contribution >= 4 is 40.2 Å². The highest BCUT2D eigenvalue weighted by Crippen LogP contribution is 2.30. The van der Waals surface area contributed by atoms with Crippen LogP contribution in [0.5, 0.6) is 5.75 Å². The van der Waals surface area contributed by atoms with Gasteiger partial charge >= 0.3 is 0 Å². The van der Waals surface area contributed by atoms with Crippen molar-refractivity contribution in [1.29, 1.82) is 0 Å². The summed E-state index contributed by atoms with van der Waals surface area (Å²) in [6.45, 7) is 7.54. The number of nitrogens with zero attached hydrogens (tertiary/aromatic N) is 2. The van der Waals surface area contributed by atoms with Gasteiger partial charge in [0.15, 0.2) is 5.16 Å². The van der Waals surface area contributed by atoms with E-state index in [9.17, 15) is 9.59 Å². The lowest BCUT2D eigenvalue weighted by molar-refractivity contribution is -0.121. The number of benzene rings is 2. The minimum Gasteiger partial charge on any atom is -0.495 e. The van der Waals surface area contributed by atoms with Gasteiger partial charge in [-0.15, -0.1) is 0 Å². The van der Waals surface area contributed by atoms with Gasteiger partial charge in [0.2, 0.25) is 5.91 Å². The number of aromatic nitrogens is 2. The van der Waals surface area contributed by atoms with Crippen molar-refractivity contribution in [3.63, 3.8) is 0 Å². The molecule has 30 heavy (non-hydrogen) atoms. The van der Waals surface area contributed by atoms with Gasteiger partial charge in [-0.25, -0.2) is 4.98 Å². The van der Waals surface area contributed by atoms with E-state index in [1.807, 2.05) is 32.9 Å². The van der Waals surface area contributed by atoms with Crippen LogP contribution in [-0.2, 0) is 4.79 Å². The molecule has 0 spiro atoms. The molecule has 0 aliphatic carbocycles. The molecular formula is C22H24ClN3O3S. The molecule has 0 radical (unpaired) electrons. The lowest BCUT2D eigenvalue weighted by atomic mass is 10.1. The van der Waals surface area contributed by atoms with E-state index in [0.717, 1.165) is 0 Å². The second kappa shape index (κ2) is 8.70. The van der Waals surface area contributed by atoms with E-state index in [2.05, 4.69) is 10.3 Å². The molecule has 8 heteroatoms. The summed E-state index contributed by atoms with van der Waals surface area (Å²) in [5, 5.41) is 3.79. The molecule has 1 aromatic heterocycles. The van der Waals surface area contributed by atoms with E-state index < -0.39 is 5.25 Å². The maximum atomic E-state index is 13.4.